The molecule has 0 N–H and O–H groups in total. The monoisotopic (exact) mass is 320 g/mol. The van der Waals surface area contributed by atoms with Crippen molar-refractivity contribution in [3.8, 4) is 0 Å². The van der Waals surface area contributed by atoms with E-state index in [-0.39, 0.29) is 6.10 Å². The first kappa shape index (κ1) is 15.3. The van der Waals surface area contributed by atoms with Crippen LogP contribution in [0.2, 0.25) is 0 Å². The predicted molar refractivity (Wildman–Crippen MR) is 83.9 cm³/mol. The van der Waals surface area contributed by atoms with Gasteiger partial charge in [-0.1, -0.05) is 18.2 Å². The van der Waals surface area contributed by atoms with Crippen molar-refractivity contribution in [1.82, 2.24) is 19.7 Å². The molecule has 3 rings (SSSR count). The highest BCUT2D eigenvalue weighted by Crippen LogP contribution is 2.09. The van der Waals surface area contributed by atoms with Gasteiger partial charge in [0.1, 0.15) is 12.7 Å². The standard InChI is InChI=1S/C15H20N4O2S/c20-22(15-4-2-1-3-5-15)9-7-18-6-8-21-14(10-18)11-19-13-16-12-17-19/h1-5,12-14H,6-11H2/t14-,22+/m0/s1. The highest BCUT2D eigenvalue weighted by Gasteiger charge is 2.21. The number of aromatic nitrogens is 3. The van der Waals surface area contributed by atoms with Crippen molar-refractivity contribution < 1.29 is 8.95 Å². The molecule has 2 aromatic rings. The average Bonchev–Trinajstić information content (AvgIpc) is 3.07. The van der Waals surface area contributed by atoms with Gasteiger partial charge in [-0.25, -0.2) is 4.98 Å². The second-order valence-corrected chi connectivity index (χ2v) is 6.84. The van der Waals surface area contributed by atoms with Gasteiger partial charge in [0.25, 0.3) is 0 Å². The molecule has 0 spiro atoms. The summed E-state index contributed by atoms with van der Waals surface area (Å²) in [5.74, 6) is 0.653. The van der Waals surface area contributed by atoms with Gasteiger partial charge in [-0.05, 0) is 12.1 Å². The number of nitrogens with zero attached hydrogens (tertiary/aromatic N) is 4. The summed E-state index contributed by atoms with van der Waals surface area (Å²) in [6.07, 6.45) is 3.34. The summed E-state index contributed by atoms with van der Waals surface area (Å²) >= 11 is 0. The summed E-state index contributed by atoms with van der Waals surface area (Å²) in [5.41, 5.74) is 0. The van der Waals surface area contributed by atoms with Gasteiger partial charge in [0.15, 0.2) is 0 Å². The lowest BCUT2D eigenvalue weighted by Gasteiger charge is -2.32. The molecule has 0 bridgehead atoms. The molecule has 2 atom stereocenters. The van der Waals surface area contributed by atoms with Gasteiger partial charge in [0.05, 0.1) is 30.1 Å². The average molecular weight is 320 g/mol. The highest BCUT2D eigenvalue weighted by molar-refractivity contribution is 7.85. The van der Waals surface area contributed by atoms with E-state index in [1.54, 1.807) is 11.0 Å². The van der Waals surface area contributed by atoms with Crippen LogP contribution in [-0.4, -0.2) is 62.0 Å². The number of hydrogen-bond donors (Lipinski definition) is 0. The van der Waals surface area contributed by atoms with E-state index in [2.05, 4.69) is 15.0 Å². The van der Waals surface area contributed by atoms with E-state index in [1.807, 2.05) is 30.3 Å². The number of ether oxygens (including phenoxy) is 1. The topological polar surface area (TPSA) is 60.2 Å². The van der Waals surface area contributed by atoms with Crippen LogP contribution in [0.5, 0.6) is 0 Å². The van der Waals surface area contributed by atoms with E-state index in [0.717, 1.165) is 24.5 Å². The molecule has 0 radical (unpaired) electrons. The van der Waals surface area contributed by atoms with Crippen LogP contribution >= 0.6 is 0 Å². The minimum absolute atomic E-state index is 0.112. The normalized spacial score (nSPS) is 20.8. The van der Waals surface area contributed by atoms with E-state index in [1.165, 1.54) is 6.33 Å². The van der Waals surface area contributed by atoms with Crippen molar-refractivity contribution in [1.29, 1.82) is 0 Å². The summed E-state index contributed by atoms with van der Waals surface area (Å²) in [6, 6.07) is 9.63. The molecule has 22 heavy (non-hydrogen) atoms. The molecule has 0 aliphatic carbocycles. The predicted octanol–water partition coefficient (Wildman–Crippen LogP) is 0.787. The number of benzene rings is 1. The Kier molecular flexibility index (Phi) is 5.31. The number of hydrogen-bond acceptors (Lipinski definition) is 5. The van der Waals surface area contributed by atoms with Gasteiger partial charge >= 0.3 is 0 Å². The van der Waals surface area contributed by atoms with Crippen LogP contribution in [-0.2, 0) is 22.1 Å². The Hall–Kier alpha value is -1.57. The molecule has 1 aromatic heterocycles. The van der Waals surface area contributed by atoms with Crippen molar-refractivity contribution in [2.45, 2.75) is 17.5 Å². The van der Waals surface area contributed by atoms with Crippen molar-refractivity contribution in [2.75, 3.05) is 32.0 Å². The van der Waals surface area contributed by atoms with Gasteiger partial charge in [-0.15, -0.1) is 0 Å². The number of rotatable bonds is 6. The first-order chi connectivity index (χ1) is 10.8. The fourth-order valence-corrected chi connectivity index (χ4v) is 3.65. The maximum absolute atomic E-state index is 12.3. The largest absolute Gasteiger partial charge is 0.374 e. The molecule has 7 heteroatoms. The Morgan fingerprint density at radius 1 is 1.32 bits per heavy atom. The summed E-state index contributed by atoms with van der Waals surface area (Å²) in [4.78, 5) is 7.15. The van der Waals surface area contributed by atoms with Crippen LogP contribution in [0, 0.1) is 0 Å². The molecule has 118 valence electrons. The maximum atomic E-state index is 12.3. The van der Waals surface area contributed by atoms with E-state index >= 15 is 0 Å². The van der Waals surface area contributed by atoms with Crippen molar-refractivity contribution in [3.63, 3.8) is 0 Å². The molecule has 0 unspecified atom stereocenters. The van der Waals surface area contributed by atoms with E-state index < -0.39 is 10.8 Å². The second-order valence-electron chi connectivity index (χ2n) is 5.27. The van der Waals surface area contributed by atoms with Crippen LogP contribution in [0.4, 0.5) is 0 Å². The van der Waals surface area contributed by atoms with E-state index in [0.29, 0.717) is 18.9 Å². The van der Waals surface area contributed by atoms with E-state index in [4.69, 9.17) is 4.74 Å². The summed E-state index contributed by atoms with van der Waals surface area (Å²) < 4.78 is 19.8. The number of morpholine rings is 1. The molecular formula is C15H20N4O2S. The lowest BCUT2D eigenvalue weighted by atomic mass is 10.2. The first-order valence-electron chi connectivity index (χ1n) is 7.41. The van der Waals surface area contributed by atoms with Crippen LogP contribution in [0.3, 0.4) is 0 Å². The molecule has 6 nitrogen and oxygen atoms in total. The van der Waals surface area contributed by atoms with Crippen LogP contribution in [0.1, 0.15) is 0 Å². The fourth-order valence-electron chi connectivity index (χ4n) is 2.53. The molecule has 1 saturated heterocycles. The third-order valence-corrected chi connectivity index (χ3v) is 5.03. The quantitative estimate of drug-likeness (QED) is 0.787. The molecular weight excluding hydrogens is 300 g/mol. The Balaban J connectivity index is 1.47. The lowest BCUT2D eigenvalue weighted by molar-refractivity contribution is -0.0355. The fraction of sp³-hybridized carbons (Fsp3) is 0.467. The summed E-state index contributed by atoms with van der Waals surface area (Å²) in [6.45, 7) is 3.96. The Bertz CT molecular complexity index is 591. The minimum atomic E-state index is -0.938. The molecule has 1 fully saturated rings. The van der Waals surface area contributed by atoms with Crippen LogP contribution in [0.25, 0.3) is 0 Å². The molecule has 0 saturated carbocycles. The van der Waals surface area contributed by atoms with Crippen LogP contribution in [0.15, 0.2) is 47.9 Å². The van der Waals surface area contributed by atoms with Crippen molar-refractivity contribution >= 4 is 10.8 Å². The van der Waals surface area contributed by atoms with Gasteiger partial charge in [0, 0.05) is 30.3 Å². The highest BCUT2D eigenvalue weighted by atomic mass is 32.2. The minimum Gasteiger partial charge on any atom is -0.374 e. The van der Waals surface area contributed by atoms with Crippen molar-refractivity contribution in [3.05, 3.63) is 43.0 Å². The van der Waals surface area contributed by atoms with Gasteiger partial charge in [-0.2, -0.15) is 5.10 Å². The second kappa shape index (κ2) is 7.62. The lowest BCUT2D eigenvalue weighted by Crippen LogP contribution is -2.45. The molecule has 1 aromatic carbocycles. The van der Waals surface area contributed by atoms with Crippen LogP contribution < -0.4 is 0 Å². The zero-order valence-corrected chi connectivity index (χ0v) is 13.2. The van der Waals surface area contributed by atoms with Gasteiger partial charge < -0.3 is 4.74 Å². The summed E-state index contributed by atoms with van der Waals surface area (Å²) in [5, 5.41) is 4.11. The third-order valence-electron chi connectivity index (χ3n) is 3.68. The van der Waals surface area contributed by atoms with Gasteiger partial charge in [-0.3, -0.25) is 13.8 Å². The Labute approximate surface area is 132 Å². The molecule has 2 heterocycles. The van der Waals surface area contributed by atoms with Gasteiger partial charge in [0.2, 0.25) is 0 Å². The maximum Gasteiger partial charge on any atom is 0.137 e. The molecule has 0 amide bonds. The SMILES string of the molecule is O=[S@](CCN1CCO[C@H](Cn2cncn2)C1)c1ccccc1. The zero-order chi connectivity index (χ0) is 15.2. The third kappa shape index (κ3) is 4.22. The zero-order valence-electron chi connectivity index (χ0n) is 12.4. The summed E-state index contributed by atoms with van der Waals surface area (Å²) in [7, 11) is -0.938. The Morgan fingerprint density at radius 3 is 2.95 bits per heavy atom. The van der Waals surface area contributed by atoms with E-state index in [9.17, 15) is 4.21 Å². The van der Waals surface area contributed by atoms with Crippen molar-refractivity contribution in [2.24, 2.45) is 0 Å². The Morgan fingerprint density at radius 2 is 2.18 bits per heavy atom. The smallest absolute Gasteiger partial charge is 0.137 e. The molecule has 1 aliphatic heterocycles. The first-order valence-corrected chi connectivity index (χ1v) is 8.73. The molecule has 1 aliphatic rings.